The summed E-state index contributed by atoms with van der Waals surface area (Å²) >= 11 is 5.48. The van der Waals surface area contributed by atoms with E-state index >= 15 is 0 Å². The number of aliphatic hydroxyl groups excluding tert-OH is 1. The summed E-state index contributed by atoms with van der Waals surface area (Å²) in [5.74, 6) is 0.385. The number of alkyl halides is 1. The van der Waals surface area contributed by atoms with Gasteiger partial charge in [-0.05, 0) is 6.42 Å². The Morgan fingerprint density at radius 3 is 2.08 bits per heavy atom. The molecule has 1 N–H and O–H groups in total. The molecular formula is C11H23ClO. The Balaban J connectivity index is 2.91. The summed E-state index contributed by atoms with van der Waals surface area (Å²) in [5.41, 5.74) is 0. The number of hydrogen-bond acceptors (Lipinski definition) is 1. The number of aliphatic hydroxyl groups is 1. The van der Waals surface area contributed by atoms with Crippen molar-refractivity contribution in [3.8, 4) is 0 Å². The van der Waals surface area contributed by atoms with Crippen LogP contribution >= 0.6 is 11.6 Å². The van der Waals surface area contributed by atoms with Gasteiger partial charge in [0.15, 0.2) is 0 Å². The van der Waals surface area contributed by atoms with Crippen LogP contribution in [-0.2, 0) is 0 Å². The van der Waals surface area contributed by atoms with Crippen LogP contribution in [0.4, 0.5) is 0 Å². The molecule has 0 aromatic rings. The molecule has 0 saturated heterocycles. The molecule has 0 fully saturated rings. The second-order valence-corrected chi connectivity index (χ2v) is 4.03. The maximum atomic E-state index is 9.17. The Bertz CT molecular complexity index is 96.1. The van der Waals surface area contributed by atoms with Crippen molar-refractivity contribution in [3.05, 3.63) is 0 Å². The van der Waals surface area contributed by atoms with E-state index in [1.165, 1.54) is 38.5 Å². The average Bonchev–Trinajstić information content (AvgIpc) is 2.16. The predicted molar refractivity (Wildman–Crippen MR) is 59.3 cm³/mol. The summed E-state index contributed by atoms with van der Waals surface area (Å²) in [4.78, 5) is 0. The van der Waals surface area contributed by atoms with Gasteiger partial charge in [0.25, 0.3) is 0 Å². The number of rotatable bonds is 9. The van der Waals surface area contributed by atoms with Crippen LogP contribution in [0.15, 0.2) is 0 Å². The second-order valence-electron chi connectivity index (χ2n) is 3.72. The lowest BCUT2D eigenvalue weighted by molar-refractivity contribution is 0.183. The predicted octanol–water partition coefficient (Wildman–Crippen LogP) is 3.73. The van der Waals surface area contributed by atoms with E-state index in [9.17, 15) is 0 Å². The highest BCUT2D eigenvalue weighted by Crippen LogP contribution is 2.09. The van der Waals surface area contributed by atoms with E-state index in [2.05, 4.69) is 6.92 Å². The lowest BCUT2D eigenvalue weighted by atomic mass is 10.1. The molecule has 0 saturated carbocycles. The third-order valence-electron chi connectivity index (χ3n) is 2.32. The zero-order valence-electron chi connectivity index (χ0n) is 8.77. The van der Waals surface area contributed by atoms with E-state index in [0.29, 0.717) is 5.88 Å². The highest BCUT2D eigenvalue weighted by atomic mass is 35.5. The lowest BCUT2D eigenvalue weighted by Crippen LogP contribution is -2.07. The maximum absolute atomic E-state index is 9.17. The first-order valence-electron chi connectivity index (χ1n) is 5.55. The van der Waals surface area contributed by atoms with Crippen LogP contribution in [0.3, 0.4) is 0 Å². The number of hydrogen-bond donors (Lipinski definition) is 1. The normalized spacial score (nSPS) is 13.2. The van der Waals surface area contributed by atoms with Gasteiger partial charge in [-0.2, -0.15) is 0 Å². The van der Waals surface area contributed by atoms with E-state index in [0.717, 1.165) is 12.8 Å². The third kappa shape index (κ3) is 10.2. The van der Waals surface area contributed by atoms with Crippen molar-refractivity contribution >= 4 is 11.6 Å². The van der Waals surface area contributed by atoms with Crippen LogP contribution in [0.5, 0.6) is 0 Å². The number of unbranched alkanes of at least 4 members (excludes halogenated alkanes) is 6. The summed E-state index contributed by atoms with van der Waals surface area (Å²) in [6, 6.07) is 0. The molecule has 0 heterocycles. The third-order valence-corrected chi connectivity index (χ3v) is 2.68. The molecule has 0 spiro atoms. The zero-order valence-corrected chi connectivity index (χ0v) is 9.52. The van der Waals surface area contributed by atoms with Crippen molar-refractivity contribution in [1.29, 1.82) is 0 Å². The van der Waals surface area contributed by atoms with Gasteiger partial charge in [-0.1, -0.05) is 51.9 Å². The van der Waals surface area contributed by atoms with Crippen molar-refractivity contribution < 1.29 is 5.11 Å². The first-order chi connectivity index (χ1) is 6.31. The van der Waals surface area contributed by atoms with Crippen LogP contribution in [0.2, 0.25) is 0 Å². The molecule has 1 atom stereocenters. The molecule has 0 amide bonds. The summed E-state index contributed by atoms with van der Waals surface area (Å²) in [7, 11) is 0. The molecule has 13 heavy (non-hydrogen) atoms. The van der Waals surface area contributed by atoms with Crippen molar-refractivity contribution in [1.82, 2.24) is 0 Å². The first kappa shape index (κ1) is 13.2. The average molecular weight is 207 g/mol. The minimum atomic E-state index is -0.280. The summed E-state index contributed by atoms with van der Waals surface area (Å²) in [6.45, 7) is 2.23. The van der Waals surface area contributed by atoms with Crippen molar-refractivity contribution in [3.63, 3.8) is 0 Å². The Kier molecular flexibility index (Phi) is 10.5. The monoisotopic (exact) mass is 206 g/mol. The topological polar surface area (TPSA) is 20.2 Å². The fraction of sp³-hybridized carbons (Fsp3) is 1.00. The molecule has 0 aromatic heterocycles. The van der Waals surface area contributed by atoms with E-state index in [4.69, 9.17) is 16.7 Å². The van der Waals surface area contributed by atoms with E-state index in [1.54, 1.807) is 0 Å². The van der Waals surface area contributed by atoms with Crippen LogP contribution in [-0.4, -0.2) is 17.1 Å². The first-order valence-corrected chi connectivity index (χ1v) is 6.08. The van der Waals surface area contributed by atoms with E-state index in [1.807, 2.05) is 0 Å². The van der Waals surface area contributed by atoms with Crippen molar-refractivity contribution in [2.24, 2.45) is 0 Å². The Morgan fingerprint density at radius 1 is 1.00 bits per heavy atom. The quantitative estimate of drug-likeness (QED) is 0.450. The fourth-order valence-corrected chi connectivity index (χ4v) is 1.57. The molecule has 0 unspecified atom stereocenters. The van der Waals surface area contributed by atoms with Gasteiger partial charge in [0.05, 0.1) is 6.10 Å². The minimum Gasteiger partial charge on any atom is -0.392 e. The van der Waals surface area contributed by atoms with Crippen LogP contribution in [0, 0.1) is 0 Å². The van der Waals surface area contributed by atoms with Gasteiger partial charge in [-0.25, -0.2) is 0 Å². The lowest BCUT2D eigenvalue weighted by Gasteiger charge is -2.05. The van der Waals surface area contributed by atoms with Crippen LogP contribution < -0.4 is 0 Å². The molecule has 2 heteroatoms. The Labute approximate surface area is 87.5 Å². The fourth-order valence-electron chi connectivity index (χ4n) is 1.41. The van der Waals surface area contributed by atoms with E-state index < -0.39 is 0 Å². The van der Waals surface area contributed by atoms with Gasteiger partial charge in [0, 0.05) is 5.88 Å². The SMILES string of the molecule is CCCCCCCCC[C@H](O)CCl. The summed E-state index contributed by atoms with van der Waals surface area (Å²) in [5, 5.41) is 9.17. The largest absolute Gasteiger partial charge is 0.392 e. The van der Waals surface area contributed by atoms with Gasteiger partial charge in [-0.15, -0.1) is 11.6 Å². The zero-order chi connectivity index (χ0) is 9.94. The highest BCUT2D eigenvalue weighted by Gasteiger charge is 2.00. The van der Waals surface area contributed by atoms with E-state index in [-0.39, 0.29) is 6.10 Å². The number of halogens is 1. The van der Waals surface area contributed by atoms with Gasteiger partial charge in [0.2, 0.25) is 0 Å². The van der Waals surface area contributed by atoms with Crippen LogP contribution in [0.1, 0.15) is 58.3 Å². The van der Waals surface area contributed by atoms with Crippen molar-refractivity contribution in [2.75, 3.05) is 5.88 Å². The van der Waals surface area contributed by atoms with Gasteiger partial charge in [-0.3, -0.25) is 0 Å². The molecule has 1 nitrogen and oxygen atoms in total. The second kappa shape index (κ2) is 10.3. The minimum absolute atomic E-state index is 0.280. The Hall–Kier alpha value is 0.250. The molecule has 0 radical (unpaired) electrons. The Morgan fingerprint density at radius 2 is 1.54 bits per heavy atom. The highest BCUT2D eigenvalue weighted by molar-refractivity contribution is 6.18. The molecule has 0 aromatic carbocycles. The van der Waals surface area contributed by atoms with Crippen LogP contribution in [0.25, 0.3) is 0 Å². The molecular weight excluding hydrogens is 184 g/mol. The van der Waals surface area contributed by atoms with Gasteiger partial charge in [0.1, 0.15) is 0 Å². The van der Waals surface area contributed by atoms with Crippen molar-refractivity contribution in [2.45, 2.75) is 64.4 Å². The summed E-state index contributed by atoms with van der Waals surface area (Å²) < 4.78 is 0. The molecule has 0 aliphatic rings. The summed E-state index contributed by atoms with van der Waals surface area (Å²) in [6.07, 6.45) is 9.68. The molecule has 0 rings (SSSR count). The standard InChI is InChI=1S/C11H23ClO/c1-2-3-4-5-6-7-8-9-11(13)10-12/h11,13H,2-10H2,1H3/t11-/m0/s1. The smallest absolute Gasteiger partial charge is 0.0675 e. The molecule has 80 valence electrons. The van der Waals surface area contributed by atoms with Gasteiger partial charge < -0.3 is 5.11 Å². The molecule has 0 aliphatic heterocycles. The maximum Gasteiger partial charge on any atom is 0.0675 e. The molecule has 0 aliphatic carbocycles. The molecule has 0 bridgehead atoms. The van der Waals surface area contributed by atoms with Gasteiger partial charge >= 0.3 is 0 Å².